The number of aliphatic hydroxyl groups excluding tert-OH is 1. The first-order chi connectivity index (χ1) is 8.67. The number of aliphatic hydroxyl groups is 1. The Balaban J connectivity index is 2.63. The fourth-order valence-corrected chi connectivity index (χ4v) is 1.81. The topological polar surface area (TPSA) is 66.1 Å². The molecular weight excluding hydrogens is 235 g/mol. The number of carbonyl (C=O) groups is 1. The van der Waals surface area contributed by atoms with Crippen LogP contribution >= 0.6 is 0 Å². The van der Waals surface area contributed by atoms with Gasteiger partial charge in [-0.1, -0.05) is 0 Å². The molecule has 18 heavy (non-hydrogen) atoms. The molecule has 0 spiro atoms. The summed E-state index contributed by atoms with van der Waals surface area (Å²) in [7, 11) is 0. The molecule has 0 aliphatic rings. The number of hydrogen-bond acceptors (Lipinski definition) is 3. The van der Waals surface area contributed by atoms with Gasteiger partial charge in [-0.15, -0.1) is 0 Å². The molecule has 92 valence electrons. The molecule has 4 nitrogen and oxygen atoms in total. The maximum atomic E-state index is 13.2. The second-order valence-corrected chi connectivity index (χ2v) is 3.72. The van der Waals surface area contributed by atoms with E-state index in [1.807, 2.05) is 0 Å². The van der Waals surface area contributed by atoms with Crippen LogP contribution in [0.15, 0.2) is 36.5 Å². The van der Waals surface area contributed by atoms with Crippen molar-refractivity contribution in [3.63, 3.8) is 0 Å². The highest BCUT2D eigenvalue weighted by Crippen LogP contribution is 2.22. The van der Waals surface area contributed by atoms with Gasteiger partial charge < -0.3 is 9.67 Å². The molecule has 1 aromatic carbocycles. The van der Waals surface area contributed by atoms with Crippen molar-refractivity contribution in [1.29, 1.82) is 5.41 Å². The fraction of sp³-hybridized carbons (Fsp3) is 0.0769. The van der Waals surface area contributed by atoms with E-state index < -0.39 is 5.82 Å². The van der Waals surface area contributed by atoms with Gasteiger partial charge in [-0.05, 0) is 30.4 Å². The van der Waals surface area contributed by atoms with Crippen LogP contribution < -0.4 is 0 Å². The van der Waals surface area contributed by atoms with Gasteiger partial charge in [0.2, 0.25) is 0 Å². The van der Waals surface area contributed by atoms with Gasteiger partial charge in [-0.2, -0.15) is 0 Å². The first-order valence-corrected chi connectivity index (χ1v) is 5.28. The number of carbonyl (C=O) groups excluding carboxylic acids is 1. The number of rotatable bonds is 3. The van der Waals surface area contributed by atoms with E-state index in [4.69, 9.17) is 5.41 Å². The average molecular weight is 246 g/mol. The molecule has 1 heterocycles. The molecule has 2 aromatic rings. The van der Waals surface area contributed by atoms with Gasteiger partial charge in [0.1, 0.15) is 17.9 Å². The fourth-order valence-electron chi connectivity index (χ4n) is 1.81. The van der Waals surface area contributed by atoms with Crippen molar-refractivity contribution in [3.8, 4) is 0 Å². The van der Waals surface area contributed by atoms with Crippen molar-refractivity contribution in [1.82, 2.24) is 4.57 Å². The lowest BCUT2D eigenvalue weighted by molar-refractivity contribution is -0.104. The largest absolute Gasteiger partial charge is 0.392 e. The highest BCUT2D eigenvalue weighted by molar-refractivity contribution is 6.02. The zero-order chi connectivity index (χ0) is 13.1. The standard InChI is InChI=1S/C13H11FN2O2/c14-10-3-4-11-9(8-18)7-16(12(11)6-10)13(15)2-1-5-17/h1-7,15,18H,8H2/b2-1-,15-13?. The van der Waals surface area contributed by atoms with Gasteiger partial charge in [0, 0.05) is 17.1 Å². The predicted octanol–water partition coefficient (Wildman–Crippen LogP) is 1.85. The van der Waals surface area contributed by atoms with Crippen molar-refractivity contribution < 1.29 is 14.3 Å². The molecule has 2 N–H and O–H groups in total. The lowest BCUT2D eigenvalue weighted by atomic mass is 10.2. The van der Waals surface area contributed by atoms with Crippen LogP contribution in [0.2, 0.25) is 0 Å². The minimum Gasteiger partial charge on any atom is -0.392 e. The van der Waals surface area contributed by atoms with Crippen LogP contribution in [0.25, 0.3) is 10.9 Å². The second-order valence-electron chi connectivity index (χ2n) is 3.72. The summed E-state index contributed by atoms with van der Waals surface area (Å²) in [5.74, 6) is -0.393. The zero-order valence-corrected chi connectivity index (χ0v) is 9.43. The van der Waals surface area contributed by atoms with E-state index in [9.17, 15) is 14.3 Å². The highest BCUT2D eigenvalue weighted by atomic mass is 19.1. The molecule has 0 atom stereocenters. The van der Waals surface area contributed by atoms with E-state index in [0.717, 1.165) is 0 Å². The molecular formula is C13H11FN2O2. The number of hydrogen-bond donors (Lipinski definition) is 2. The Bertz CT molecular complexity index is 644. The van der Waals surface area contributed by atoms with Crippen LogP contribution in [-0.4, -0.2) is 21.8 Å². The van der Waals surface area contributed by atoms with Crippen molar-refractivity contribution >= 4 is 23.0 Å². The highest BCUT2D eigenvalue weighted by Gasteiger charge is 2.10. The predicted molar refractivity (Wildman–Crippen MR) is 66.1 cm³/mol. The van der Waals surface area contributed by atoms with Crippen LogP contribution in [-0.2, 0) is 11.4 Å². The van der Waals surface area contributed by atoms with E-state index >= 15 is 0 Å². The first-order valence-electron chi connectivity index (χ1n) is 5.28. The summed E-state index contributed by atoms with van der Waals surface area (Å²) in [4.78, 5) is 10.2. The maximum absolute atomic E-state index is 13.2. The Labute approximate surface area is 102 Å². The third kappa shape index (κ3) is 2.08. The van der Waals surface area contributed by atoms with E-state index in [0.29, 0.717) is 22.8 Å². The molecule has 0 fully saturated rings. The monoisotopic (exact) mass is 246 g/mol. The Kier molecular flexibility index (Phi) is 3.34. The minimum atomic E-state index is -0.418. The smallest absolute Gasteiger partial charge is 0.142 e. The SMILES string of the molecule is N=C(/C=C\C=O)n1cc(CO)c2ccc(F)cc21. The van der Waals surface area contributed by atoms with Crippen LogP contribution in [0.3, 0.4) is 0 Å². The summed E-state index contributed by atoms with van der Waals surface area (Å²) in [6, 6.07) is 4.15. The van der Waals surface area contributed by atoms with Gasteiger partial charge in [0.05, 0.1) is 12.1 Å². The summed E-state index contributed by atoms with van der Waals surface area (Å²) in [6.45, 7) is -0.195. The van der Waals surface area contributed by atoms with Crippen LogP contribution in [0.1, 0.15) is 5.56 Å². The molecule has 0 saturated carbocycles. The molecule has 0 saturated heterocycles. The molecule has 2 rings (SSSR count). The van der Waals surface area contributed by atoms with Crippen molar-refractivity contribution in [2.75, 3.05) is 0 Å². The Hall–Kier alpha value is -2.27. The number of nitrogens with zero attached hydrogens (tertiary/aromatic N) is 1. The maximum Gasteiger partial charge on any atom is 0.142 e. The molecule has 1 aromatic heterocycles. The molecule has 0 amide bonds. The van der Waals surface area contributed by atoms with Gasteiger partial charge in [0.15, 0.2) is 0 Å². The molecule has 0 unspecified atom stereocenters. The molecule has 0 radical (unpaired) electrons. The number of allylic oxidation sites excluding steroid dienone is 2. The molecule has 0 aliphatic carbocycles. The van der Waals surface area contributed by atoms with Gasteiger partial charge in [0.25, 0.3) is 0 Å². The number of halogens is 1. The summed E-state index contributed by atoms with van der Waals surface area (Å²) in [5, 5.41) is 17.7. The zero-order valence-electron chi connectivity index (χ0n) is 9.43. The lowest BCUT2D eigenvalue weighted by Gasteiger charge is -2.02. The van der Waals surface area contributed by atoms with Gasteiger partial charge >= 0.3 is 0 Å². The Morgan fingerprint density at radius 3 is 2.94 bits per heavy atom. The van der Waals surface area contributed by atoms with Gasteiger partial charge in [-0.3, -0.25) is 10.2 Å². The summed E-state index contributed by atoms with van der Waals surface area (Å²) in [6.07, 6.45) is 4.61. The van der Waals surface area contributed by atoms with E-state index in [2.05, 4.69) is 0 Å². The van der Waals surface area contributed by atoms with E-state index in [-0.39, 0.29) is 12.4 Å². The number of fused-ring (bicyclic) bond motifs is 1. The van der Waals surface area contributed by atoms with Crippen molar-refractivity contribution in [2.24, 2.45) is 0 Å². The second kappa shape index (κ2) is 4.93. The number of aldehydes is 1. The summed E-state index contributed by atoms with van der Waals surface area (Å²) < 4.78 is 14.6. The van der Waals surface area contributed by atoms with Crippen LogP contribution in [0.4, 0.5) is 4.39 Å². The first kappa shape index (κ1) is 12.2. The Morgan fingerprint density at radius 1 is 1.50 bits per heavy atom. The van der Waals surface area contributed by atoms with E-state index in [1.165, 1.54) is 28.9 Å². The molecule has 0 bridgehead atoms. The van der Waals surface area contributed by atoms with Crippen LogP contribution in [0, 0.1) is 11.2 Å². The normalized spacial score (nSPS) is 11.2. The number of benzene rings is 1. The number of nitrogens with one attached hydrogen (secondary N) is 1. The summed E-state index contributed by atoms with van der Waals surface area (Å²) in [5.41, 5.74) is 1.09. The average Bonchev–Trinajstić information content (AvgIpc) is 2.73. The van der Waals surface area contributed by atoms with Crippen LogP contribution in [0.5, 0.6) is 0 Å². The minimum absolute atomic E-state index is 0.0254. The quantitative estimate of drug-likeness (QED) is 0.375. The third-order valence-corrected chi connectivity index (χ3v) is 2.61. The molecule has 5 heteroatoms. The third-order valence-electron chi connectivity index (χ3n) is 2.61. The molecule has 0 aliphatic heterocycles. The lowest BCUT2D eigenvalue weighted by Crippen LogP contribution is -2.05. The Morgan fingerprint density at radius 2 is 2.28 bits per heavy atom. The van der Waals surface area contributed by atoms with Crippen molar-refractivity contribution in [3.05, 3.63) is 47.9 Å². The van der Waals surface area contributed by atoms with E-state index in [1.54, 1.807) is 12.3 Å². The summed E-state index contributed by atoms with van der Waals surface area (Å²) >= 11 is 0. The van der Waals surface area contributed by atoms with Gasteiger partial charge in [-0.25, -0.2) is 4.39 Å². The van der Waals surface area contributed by atoms with Crippen molar-refractivity contribution in [2.45, 2.75) is 6.61 Å². The number of aromatic nitrogens is 1.